The lowest BCUT2D eigenvalue weighted by Gasteiger charge is -2.39. The van der Waals surface area contributed by atoms with E-state index in [4.69, 9.17) is 5.26 Å². The van der Waals surface area contributed by atoms with Crippen molar-refractivity contribution in [2.45, 2.75) is 18.9 Å². The Bertz CT molecular complexity index is 1030. The van der Waals surface area contributed by atoms with Crippen LogP contribution in [0.25, 0.3) is 0 Å². The van der Waals surface area contributed by atoms with Gasteiger partial charge in [-0.1, -0.05) is 6.07 Å². The summed E-state index contributed by atoms with van der Waals surface area (Å²) in [6.07, 6.45) is 4.53. The summed E-state index contributed by atoms with van der Waals surface area (Å²) in [4.78, 5) is 44.6. The molecule has 1 atom stereocenters. The number of hydrogen-bond donors (Lipinski definition) is 0. The molecule has 0 N–H and O–H groups in total. The topological polar surface area (TPSA) is 93.8 Å². The van der Waals surface area contributed by atoms with Gasteiger partial charge in [-0.2, -0.15) is 10.3 Å². The lowest BCUT2D eigenvalue weighted by molar-refractivity contribution is -0.131. The number of halogens is 1. The van der Waals surface area contributed by atoms with Gasteiger partial charge in [0.2, 0.25) is 5.91 Å². The van der Waals surface area contributed by atoms with Crippen LogP contribution in [0.3, 0.4) is 0 Å². The molecule has 2 heterocycles. The van der Waals surface area contributed by atoms with E-state index in [-0.39, 0.29) is 11.6 Å². The largest absolute Gasteiger partial charge is 0.350 e. The number of nitriles is 1. The predicted octanol–water partition coefficient (Wildman–Crippen LogP) is 2.61. The highest BCUT2D eigenvalue weighted by Crippen LogP contribution is 2.28. The number of hydrogen-bond acceptors (Lipinski definition) is 4. The minimum absolute atomic E-state index is 0.195. The summed E-state index contributed by atoms with van der Waals surface area (Å²) >= 11 is 0. The summed E-state index contributed by atoms with van der Waals surface area (Å²) in [7, 11) is 0. The van der Waals surface area contributed by atoms with E-state index in [1.807, 2.05) is 6.07 Å². The summed E-state index contributed by atoms with van der Waals surface area (Å²) in [5, 5.41) is 9.00. The molecule has 4 amide bonds. The molecule has 0 radical (unpaired) electrons. The normalized spacial score (nSPS) is 22.0. The fourth-order valence-electron chi connectivity index (χ4n) is 3.85. The molecule has 0 aromatic heterocycles. The second-order valence-corrected chi connectivity index (χ2v) is 7.11. The molecular weight excluding hydrogens is 375 g/mol. The molecule has 0 bridgehead atoms. The number of amides is 4. The molecule has 2 aliphatic heterocycles. The second-order valence-electron chi connectivity index (χ2n) is 7.11. The number of urea groups is 1. The Kier molecular flexibility index (Phi) is 4.80. The number of nitrogens with zero attached hydrogens (tertiary/aromatic N) is 4. The van der Waals surface area contributed by atoms with Gasteiger partial charge in [-0.15, -0.1) is 0 Å². The molecule has 1 saturated heterocycles. The van der Waals surface area contributed by atoms with Crippen molar-refractivity contribution < 1.29 is 18.8 Å². The summed E-state index contributed by atoms with van der Waals surface area (Å²) in [6, 6.07) is 7.45. The van der Waals surface area contributed by atoms with Crippen LogP contribution in [-0.4, -0.2) is 52.5 Å². The predicted molar refractivity (Wildman–Crippen MR) is 102 cm³/mol. The van der Waals surface area contributed by atoms with Crippen LogP contribution in [0.4, 0.5) is 9.18 Å². The molecule has 1 aliphatic carbocycles. The maximum atomic E-state index is 13.5. The number of fused-ring (bicyclic) bond motifs is 1. The Hall–Kier alpha value is -3.60. The van der Waals surface area contributed by atoms with Gasteiger partial charge in [0, 0.05) is 24.7 Å². The summed E-state index contributed by atoms with van der Waals surface area (Å²) in [5.41, 5.74) is 1.09. The van der Waals surface area contributed by atoms with Crippen molar-refractivity contribution in [2.24, 2.45) is 10.9 Å². The van der Waals surface area contributed by atoms with Gasteiger partial charge in [0.05, 0.1) is 17.3 Å². The maximum Gasteiger partial charge on any atom is 0.350 e. The number of allylic oxidation sites excluding steroid dienone is 3. The first-order chi connectivity index (χ1) is 14.0. The third-order valence-corrected chi connectivity index (χ3v) is 5.35. The van der Waals surface area contributed by atoms with Gasteiger partial charge in [0.1, 0.15) is 11.7 Å². The number of likely N-dealkylation sites (tertiary alicyclic amines) is 1. The van der Waals surface area contributed by atoms with E-state index in [1.165, 1.54) is 18.2 Å². The Balaban J connectivity index is 1.46. The Morgan fingerprint density at radius 1 is 1.21 bits per heavy atom. The van der Waals surface area contributed by atoms with Gasteiger partial charge in [-0.05, 0) is 49.3 Å². The molecule has 146 valence electrons. The monoisotopic (exact) mass is 392 g/mol. The van der Waals surface area contributed by atoms with Crippen molar-refractivity contribution in [1.29, 1.82) is 5.26 Å². The van der Waals surface area contributed by atoms with E-state index in [0.29, 0.717) is 37.1 Å². The molecule has 3 aliphatic rings. The van der Waals surface area contributed by atoms with Crippen LogP contribution in [0.2, 0.25) is 0 Å². The van der Waals surface area contributed by atoms with Crippen molar-refractivity contribution in [3.8, 4) is 6.07 Å². The van der Waals surface area contributed by atoms with Crippen molar-refractivity contribution >= 4 is 23.6 Å². The second kappa shape index (κ2) is 7.43. The maximum absolute atomic E-state index is 13.5. The molecule has 4 rings (SSSR count). The highest BCUT2D eigenvalue weighted by Gasteiger charge is 2.41. The zero-order chi connectivity index (χ0) is 20.5. The van der Waals surface area contributed by atoms with Crippen LogP contribution in [0, 0.1) is 17.2 Å². The van der Waals surface area contributed by atoms with Crippen LogP contribution in [0.15, 0.2) is 53.3 Å². The van der Waals surface area contributed by atoms with Crippen LogP contribution in [-0.2, 0) is 4.79 Å². The average Bonchev–Trinajstić information content (AvgIpc) is 2.74. The average molecular weight is 392 g/mol. The zero-order valence-corrected chi connectivity index (χ0v) is 15.4. The first-order valence-corrected chi connectivity index (χ1v) is 9.28. The van der Waals surface area contributed by atoms with E-state index < -0.39 is 29.7 Å². The minimum Gasteiger partial charge on any atom is -0.338 e. The van der Waals surface area contributed by atoms with Gasteiger partial charge < -0.3 is 4.90 Å². The quantitative estimate of drug-likeness (QED) is 0.773. The highest BCUT2D eigenvalue weighted by atomic mass is 19.1. The van der Waals surface area contributed by atoms with Crippen molar-refractivity contribution in [1.82, 2.24) is 9.80 Å². The minimum atomic E-state index is -0.883. The summed E-state index contributed by atoms with van der Waals surface area (Å²) in [6.45, 7) is 0.728. The van der Waals surface area contributed by atoms with Gasteiger partial charge in [0.15, 0.2) is 0 Å². The molecule has 7 nitrogen and oxygen atoms in total. The SMILES string of the molecule is N#Cc1cccc(C(=O)N2CCC(N3C(=O)N=C4C=CC(F)=CC4C3=O)CC2)c1. The Labute approximate surface area is 166 Å². The molecule has 0 spiro atoms. The number of piperidine rings is 1. The fourth-order valence-corrected chi connectivity index (χ4v) is 3.85. The number of imide groups is 1. The first-order valence-electron chi connectivity index (χ1n) is 9.28. The van der Waals surface area contributed by atoms with E-state index in [1.54, 1.807) is 29.2 Å². The number of aliphatic imine (C=N–C) groups is 1. The molecule has 1 aromatic carbocycles. The van der Waals surface area contributed by atoms with E-state index in [0.717, 1.165) is 4.90 Å². The number of benzene rings is 1. The van der Waals surface area contributed by atoms with Crippen LogP contribution in [0.5, 0.6) is 0 Å². The Morgan fingerprint density at radius 2 is 1.97 bits per heavy atom. The van der Waals surface area contributed by atoms with Crippen LogP contribution in [0.1, 0.15) is 28.8 Å². The molecule has 8 heteroatoms. The third kappa shape index (κ3) is 3.47. The molecule has 29 heavy (non-hydrogen) atoms. The van der Waals surface area contributed by atoms with Crippen molar-refractivity contribution in [3.63, 3.8) is 0 Å². The summed E-state index contributed by atoms with van der Waals surface area (Å²) < 4.78 is 13.5. The smallest absolute Gasteiger partial charge is 0.338 e. The summed E-state index contributed by atoms with van der Waals surface area (Å²) in [5.74, 6) is -2.09. The van der Waals surface area contributed by atoms with Crippen molar-refractivity contribution in [3.05, 3.63) is 59.4 Å². The Morgan fingerprint density at radius 3 is 2.69 bits per heavy atom. The van der Waals surface area contributed by atoms with E-state index in [9.17, 15) is 18.8 Å². The van der Waals surface area contributed by atoms with Gasteiger partial charge in [-0.25, -0.2) is 9.18 Å². The van der Waals surface area contributed by atoms with Crippen molar-refractivity contribution in [2.75, 3.05) is 13.1 Å². The van der Waals surface area contributed by atoms with Crippen LogP contribution >= 0.6 is 0 Å². The number of carbonyl (C=O) groups is 3. The lowest BCUT2D eigenvalue weighted by atomic mass is 9.92. The first kappa shape index (κ1) is 18.7. The van der Waals surface area contributed by atoms with Crippen LogP contribution < -0.4 is 0 Å². The van der Waals surface area contributed by atoms with Gasteiger partial charge in [0.25, 0.3) is 5.91 Å². The zero-order valence-electron chi connectivity index (χ0n) is 15.4. The lowest BCUT2D eigenvalue weighted by Crippen LogP contribution is -2.54. The number of rotatable bonds is 2. The standard InChI is InChI=1S/C21H17FN4O3/c22-15-4-5-18-17(11-15)20(28)26(21(29)24-18)16-6-8-25(9-7-16)19(27)14-3-1-2-13(10-14)12-23/h1-5,10-11,16-17H,6-9H2. The molecule has 1 unspecified atom stereocenters. The molecule has 1 fully saturated rings. The molecular formula is C21H17FN4O3. The van der Waals surface area contributed by atoms with E-state index >= 15 is 0 Å². The van der Waals surface area contributed by atoms with Gasteiger partial charge in [-0.3, -0.25) is 14.5 Å². The number of carbonyl (C=O) groups excluding carboxylic acids is 3. The molecule has 0 saturated carbocycles. The highest BCUT2D eigenvalue weighted by molar-refractivity contribution is 6.22. The third-order valence-electron chi connectivity index (χ3n) is 5.35. The molecule has 1 aromatic rings. The fraction of sp³-hybridized carbons (Fsp3) is 0.286. The van der Waals surface area contributed by atoms with E-state index in [2.05, 4.69) is 4.99 Å². The van der Waals surface area contributed by atoms with Gasteiger partial charge >= 0.3 is 6.03 Å².